The number of hydrogen-bond acceptors (Lipinski definition) is 2. The lowest BCUT2D eigenvalue weighted by molar-refractivity contribution is 0.439. The molecule has 2 rings (SSSR count). The van der Waals surface area contributed by atoms with Crippen molar-refractivity contribution >= 4 is 5.69 Å². The van der Waals surface area contributed by atoms with Gasteiger partial charge in [-0.25, -0.2) is 0 Å². The second-order valence-electron chi connectivity index (χ2n) is 5.11. The van der Waals surface area contributed by atoms with Crippen LogP contribution in [-0.4, -0.2) is 12.1 Å². The van der Waals surface area contributed by atoms with Crippen molar-refractivity contribution in [2.45, 2.75) is 32.7 Å². The number of aryl methyl sites for hydroxylation is 1. The minimum absolute atomic E-state index is 0.0516. The van der Waals surface area contributed by atoms with Crippen LogP contribution in [0.5, 0.6) is 0 Å². The van der Waals surface area contributed by atoms with E-state index < -0.39 is 0 Å². The molecule has 0 amide bonds. The Morgan fingerprint density at radius 1 is 1.31 bits per heavy atom. The van der Waals surface area contributed by atoms with E-state index in [1.165, 1.54) is 11.3 Å². The van der Waals surface area contributed by atoms with Gasteiger partial charge in [0.25, 0.3) is 0 Å². The maximum absolute atomic E-state index is 9.13. The number of benzene rings is 1. The zero-order valence-electron chi connectivity index (χ0n) is 10.2. The molecule has 2 heteroatoms. The monoisotopic (exact) mass is 214 g/mol. The largest absolute Gasteiger partial charge is 0.365 e. The predicted octanol–water partition coefficient (Wildman–Crippen LogP) is 3.12. The third-order valence-corrected chi connectivity index (χ3v) is 3.69. The molecule has 0 radical (unpaired) electrons. The standard InChI is InChI=1S/C14H18N2/c1-11-4-6-13(7-5-11)16-9-8-12(10-15)14(16,2)3/h4-7,12H,8-9H2,1-3H3. The molecule has 1 atom stereocenters. The van der Waals surface area contributed by atoms with Gasteiger partial charge in [-0.3, -0.25) is 0 Å². The molecule has 1 saturated heterocycles. The molecule has 0 bridgehead atoms. The summed E-state index contributed by atoms with van der Waals surface area (Å²) in [7, 11) is 0. The SMILES string of the molecule is Cc1ccc(N2CCC(C#N)C2(C)C)cc1. The molecule has 1 heterocycles. The first-order chi connectivity index (χ1) is 7.55. The van der Waals surface area contributed by atoms with E-state index in [1.54, 1.807) is 0 Å². The maximum atomic E-state index is 9.13. The van der Waals surface area contributed by atoms with Gasteiger partial charge in [-0.05, 0) is 39.3 Å². The number of hydrogen-bond donors (Lipinski definition) is 0. The van der Waals surface area contributed by atoms with Crippen molar-refractivity contribution in [1.29, 1.82) is 5.26 Å². The third kappa shape index (κ3) is 1.67. The molecule has 0 aromatic heterocycles. The van der Waals surface area contributed by atoms with Crippen LogP contribution in [0.3, 0.4) is 0 Å². The minimum atomic E-state index is -0.0516. The minimum Gasteiger partial charge on any atom is -0.365 e. The Labute approximate surface area is 97.5 Å². The Morgan fingerprint density at radius 2 is 1.94 bits per heavy atom. The smallest absolute Gasteiger partial charge is 0.0706 e. The Bertz CT molecular complexity index is 411. The van der Waals surface area contributed by atoms with Crippen LogP contribution in [0.1, 0.15) is 25.8 Å². The molecule has 0 N–H and O–H groups in total. The first-order valence-electron chi connectivity index (χ1n) is 5.79. The van der Waals surface area contributed by atoms with Crippen LogP contribution in [0.25, 0.3) is 0 Å². The molecule has 0 aliphatic carbocycles. The van der Waals surface area contributed by atoms with Crippen LogP contribution in [0.2, 0.25) is 0 Å². The second-order valence-corrected chi connectivity index (χ2v) is 5.11. The average molecular weight is 214 g/mol. The zero-order chi connectivity index (χ0) is 11.8. The predicted molar refractivity (Wildman–Crippen MR) is 66.3 cm³/mol. The van der Waals surface area contributed by atoms with Gasteiger partial charge in [0.1, 0.15) is 0 Å². The van der Waals surface area contributed by atoms with Crippen molar-refractivity contribution in [3.05, 3.63) is 29.8 Å². The van der Waals surface area contributed by atoms with E-state index in [0.717, 1.165) is 13.0 Å². The zero-order valence-corrected chi connectivity index (χ0v) is 10.2. The van der Waals surface area contributed by atoms with Crippen molar-refractivity contribution < 1.29 is 0 Å². The first-order valence-corrected chi connectivity index (χ1v) is 5.79. The van der Waals surface area contributed by atoms with Crippen molar-refractivity contribution in [3.8, 4) is 6.07 Å². The Morgan fingerprint density at radius 3 is 2.44 bits per heavy atom. The molecule has 1 fully saturated rings. The summed E-state index contributed by atoms with van der Waals surface area (Å²) in [5.41, 5.74) is 2.45. The van der Waals surface area contributed by atoms with Gasteiger partial charge in [0.05, 0.1) is 17.5 Å². The van der Waals surface area contributed by atoms with Crippen LogP contribution < -0.4 is 4.90 Å². The lowest BCUT2D eigenvalue weighted by Gasteiger charge is -2.35. The van der Waals surface area contributed by atoms with Crippen LogP contribution in [0, 0.1) is 24.2 Å². The Kier molecular flexibility index (Phi) is 2.63. The van der Waals surface area contributed by atoms with E-state index in [4.69, 9.17) is 5.26 Å². The fourth-order valence-electron chi connectivity index (χ4n) is 2.50. The average Bonchev–Trinajstić information content (AvgIpc) is 2.54. The van der Waals surface area contributed by atoms with Crippen LogP contribution in [-0.2, 0) is 0 Å². The van der Waals surface area contributed by atoms with E-state index >= 15 is 0 Å². The molecule has 0 spiro atoms. The highest BCUT2D eigenvalue weighted by Gasteiger charge is 2.41. The van der Waals surface area contributed by atoms with Gasteiger partial charge < -0.3 is 4.90 Å². The molecule has 1 unspecified atom stereocenters. The number of anilines is 1. The molecule has 0 saturated carbocycles. The lowest BCUT2D eigenvalue weighted by Crippen LogP contribution is -2.42. The van der Waals surface area contributed by atoms with E-state index in [0.29, 0.717) is 0 Å². The molecule has 1 aromatic carbocycles. The van der Waals surface area contributed by atoms with E-state index in [1.807, 2.05) is 0 Å². The second kappa shape index (κ2) is 3.83. The molecule has 1 aliphatic heterocycles. The highest BCUT2D eigenvalue weighted by Crippen LogP contribution is 2.37. The first kappa shape index (κ1) is 11.0. The summed E-state index contributed by atoms with van der Waals surface area (Å²) < 4.78 is 0. The molecular formula is C14H18N2. The highest BCUT2D eigenvalue weighted by molar-refractivity contribution is 5.51. The number of nitriles is 1. The molecule has 84 valence electrons. The topological polar surface area (TPSA) is 27.0 Å². The quantitative estimate of drug-likeness (QED) is 0.718. The normalized spacial score (nSPS) is 23.1. The highest BCUT2D eigenvalue weighted by atomic mass is 15.2. The molecule has 2 nitrogen and oxygen atoms in total. The van der Waals surface area contributed by atoms with Crippen LogP contribution >= 0.6 is 0 Å². The summed E-state index contributed by atoms with van der Waals surface area (Å²) >= 11 is 0. The van der Waals surface area contributed by atoms with Crippen molar-refractivity contribution in [1.82, 2.24) is 0 Å². The van der Waals surface area contributed by atoms with Gasteiger partial charge >= 0.3 is 0 Å². The van der Waals surface area contributed by atoms with Gasteiger partial charge in [-0.15, -0.1) is 0 Å². The third-order valence-electron chi connectivity index (χ3n) is 3.69. The molecule has 1 aliphatic rings. The van der Waals surface area contributed by atoms with Crippen LogP contribution in [0.4, 0.5) is 5.69 Å². The van der Waals surface area contributed by atoms with Gasteiger partial charge in [0, 0.05) is 12.2 Å². The van der Waals surface area contributed by atoms with Crippen molar-refractivity contribution in [2.75, 3.05) is 11.4 Å². The number of nitrogens with zero attached hydrogens (tertiary/aromatic N) is 2. The van der Waals surface area contributed by atoms with Gasteiger partial charge in [0.2, 0.25) is 0 Å². The van der Waals surface area contributed by atoms with E-state index in [2.05, 4.69) is 56.0 Å². The van der Waals surface area contributed by atoms with Gasteiger partial charge in [-0.1, -0.05) is 17.7 Å². The maximum Gasteiger partial charge on any atom is 0.0706 e. The van der Waals surface area contributed by atoms with Crippen molar-refractivity contribution in [2.24, 2.45) is 5.92 Å². The van der Waals surface area contributed by atoms with Gasteiger partial charge in [-0.2, -0.15) is 5.26 Å². The summed E-state index contributed by atoms with van der Waals surface area (Å²) in [5.74, 6) is 0.133. The molecular weight excluding hydrogens is 196 g/mol. The summed E-state index contributed by atoms with van der Waals surface area (Å²) in [6, 6.07) is 11.0. The van der Waals surface area contributed by atoms with Crippen LogP contribution in [0.15, 0.2) is 24.3 Å². The Hall–Kier alpha value is -1.49. The fourth-order valence-corrected chi connectivity index (χ4v) is 2.50. The Balaban J connectivity index is 2.30. The summed E-state index contributed by atoms with van der Waals surface area (Å²) in [6.45, 7) is 7.40. The number of rotatable bonds is 1. The summed E-state index contributed by atoms with van der Waals surface area (Å²) in [5, 5.41) is 9.13. The summed E-state index contributed by atoms with van der Waals surface area (Å²) in [6.07, 6.45) is 0.970. The molecule has 16 heavy (non-hydrogen) atoms. The van der Waals surface area contributed by atoms with Gasteiger partial charge in [0.15, 0.2) is 0 Å². The van der Waals surface area contributed by atoms with E-state index in [-0.39, 0.29) is 11.5 Å². The van der Waals surface area contributed by atoms with E-state index in [9.17, 15) is 0 Å². The lowest BCUT2D eigenvalue weighted by atomic mass is 9.89. The van der Waals surface area contributed by atoms with Crippen molar-refractivity contribution in [3.63, 3.8) is 0 Å². The fraction of sp³-hybridized carbons (Fsp3) is 0.500. The summed E-state index contributed by atoms with van der Waals surface area (Å²) in [4.78, 5) is 2.35. The molecule has 1 aromatic rings.